The molecule has 1 aromatic carbocycles. The van der Waals surface area contributed by atoms with E-state index in [2.05, 4.69) is 20.6 Å². The minimum absolute atomic E-state index is 0.206. The van der Waals surface area contributed by atoms with Crippen molar-refractivity contribution in [3.63, 3.8) is 0 Å². The number of amides is 1. The molecule has 0 radical (unpaired) electrons. The van der Waals surface area contributed by atoms with E-state index in [0.29, 0.717) is 37.0 Å². The van der Waals surface area contributed by atoms with Gasteiger partial charge in [-0.1, -0.05) is 12.1 Å². The fourth-order valence-corrected chi connectivity index (χ4v) is 2.45. The Hall–Kier alpha value is -2.67. The summed E-state index contributed by atoms with van der Waals surface area (Å²) in [5.41, 5.74) is 1.53. The van der Waals surface area contributed by atoms with Crippen LogP contribution in [0.25, 0.3) is 0 Å². The van der Waals surface area contributed by atoms with Gasteiger partial charge < -0.3 is 20.1 Å². The average molecular weight is 358 g/mol. The van der Waals surface area contributed by atoms with Crippen LogP contribution in [-0.4, -0.2) is 49.8 Å². The standard InChI is InChI=1S/C19H26N4O3/c1-14-22-17(19(24)21-9-5-11-25-2)13-18(23-14)20-10-8-15-6-4-7-16(12-15)26-3/h4,6-7,12-13H,5,8-11H2,1-3H3,(H,21,24)(H,20,22,23). The number of nitrogens with one attached hydrogen (secondary N) is 2. The maximum Gasteiger partial charge on any atom is 0.270 e. The Morgan fingerprint density at radius 2 is 2.00 bits per heavy atom. The molecule has 0 bridgehead atoms. The first-order valence-corrected chi connectivity index (χ1v) is 8.62. The van der Waals surface area contributed by atoms with E-state index >= 15 is 0 Å². The Bertz CT molecular complexity index is 722. The van der Waals surface area contributed by atoms with Crippen molar-refractivity contribution in [3.05, 3.63) is 47.4 Å². The Morgan fingerprint density at radius 3 is 2.77 bits per heavy atom. The van der Waals surface area contributed by atoms with E-state index in [4.69, 9.17) is 9.47 Å². The summed E-state index contributed by atoms with van der Waals surface area (Å²) in [7, 11) is 3.29. The van der Waals surface area contributed by atoms with Crippen LogP contribution in [0.15, 0.2) is 30.3 Å². The zero-order valence-electron chi connectivity index (χ0n) is 15.5. The summed E-state index contributed by atoms with van der Waals surface area (Å²) in [5, 5.41) is 6.08. The van der Waals surface area contributed by atoms with Gasteiger partial charge in [0.1, 0.15) is 23.1 Å². The molecular weight excluding hydrogens is 332 g/mol. The third-order valence-corrected chi connectivity index (χ3v) is 3.74. The van der Waals surface area contributed by atoms with Crippen molar-refractivity contribution in [2.75, 3.05) is 39.2 Å². The highest BCUT2D eigenvalue weighted by molar-refractivity contribution is 5.92. The normalized spacial score (nSPS) is 10.4. The highest BCUT2D eigenvalue weighted by Crippen LogP contribution is 2.13. The van der Waals surface area contributed by atoms with Gasteiger partial charge in [0.2, 0.25) is 0 Å². The molecule has 1 amide bonds. The highest BCUT2D eigenvalue weighted by Gasteiger charge is 2.10. The first-order chi connectivity index (χ1) is 12.6. The lowest BCUT2D eigenvalue weighted by molar-refractivity contribution is 0.0943. The third-order valence-electron chi connectivity index (χ3n) is 3.74. The van der Waals surface area contributed by atoms with Crippen LogP contribution in [0.3, 0.4) is 0 Å². The zero-order valence-corrected chi connectivity index (χ0v) is 15.5. The van der Waals surface area contributed by atoms with Gasteiger partial charge in [-0.15, -0.1) is 0 Å². The summed E-state index contributed by atoms with van der Waals surface area (Å²) in [6.07, 6.45) is 1.58. The van der Waals surface area contributed by atoms with Crippen molar-refractivity contribution in [2.24, 2.45) is 0 Å². The predicted octanol–water partition coefficient (Wildman–Crippen LogP) is 2.21. The number of carbonyl (C=O) groups is 1. The van der Waals surface area contributed by atoms with Crippen molar-refractivity contribution in [2.45, 2.75) is 19.8 Å². The Kier molecular flexibility index (Phi) is 7.82. The van der Waals surface area contributed by atoms with Crippen LogP contribution < -0.4 is 15.4 Å². The fourth-order valence-electron chi connectivity index (χ4n) is 2.45. The van der Waals surface area contributed by atoms with Gasteiger partial charge in [0.15, 0.2) is 0 Å². The van der Waals surface area contributed by atoms with E-state index in [1.807, 2.05) is 24.3 Å². The molecule has 0 atom stereocenters. The van der Waals surface area contributed by atoms with Crippen LogP contribution in [-0.2, 0) is 11.2 Å². The summed E-state index contributed by atoms with van der Waals surface area (Å²) < 4.78 is 10.2. The number of rotatable bonds is 10. The molecular formula is C19H26N4O3. The number of aromatic nitrogens is 2. The van der Waals surface area contributed by atoms with E-state index in [0.717, 1.165) is 18.6 Å². The van der Waals surface area contributed by atoms with Crippen LogP contribution in [0.5, 0.6) is 5.75 Å². The number of hydrogen-bond donors (Lipinski definition) is 2. The number of anilines is 1. The van der Waals surface area contributed by atoms with Crippen molar-refractivity contribution in [3.8, 4) is 5.75 Å². The van der Waals surface area contributed by atoms with Gasteiger partial charge in [-0.2, -0.15) is 0 Å². The van der Waals surface area contributed by atoms with Crippen LogP contribution in [0.4, 0.5) is 5.82 Å². The molecule has 0 aliphatic carbocycles. The first-order valence-electron chi connectivity index (χ1n) is 8.62. The van der Waals surface area contributed by atoms with E-state index in [1.165, 1.54) is 5.56 Å². The van der Waals surface area contributed by atoms with Crippen molar-refractivity contribution in [1.82, 2.24) is 15.3 Å². The van der Waals surface area contributed by atoms with Crippen LogP contribution >= 0.6 is 0 Å². The van der Waals surface area contributed by atoms with Gasteiger partial charge in [-0.05, 0) is 37.5 Å². The van der Waals surface area contributed by atoms with Crippen molar-refractivity contribution < 1.29 is 14.3 Å². The number of benzene rings is 1. The van der Waals surface area contributed by atoms with Crippen LogP contribution in [0.2, 0.25) is 0 Å². The molecule has 140 valence electrons. The SMILES string of the molecule is COCCCNC(=O)c1cc(NCCc2cccc(OC)c2)nc(C)n1. The molecule has 0 spiro atoms. The second-order valence-electron chi connectivity index (χ2n) is 5.82. The van der Waals surface area contributed by atoms with E-state index in [9.17, 15) is 4.79 Å². The van der Waals surface area contributed by atoms with Gasteiger partial charge in [-0.25, -0.2) is 9.97 Å². The average Bonchev–Trinajstić information content (AvgIpc) is 2.65. The molecule has 0 saturated heterocycles. The molecule has 26 heavy (non-hydrogen) atoms. The maximum atomic E-state index is 12.2. The number of aryl methyl sites for hydroxylation is 1. The lowest BCUT2D eigenvalue weighted by Crippen LogP contribution is -2.26. The topological polar surface area (TPSA) is 85.4 Å². The third kappa shape index (κ3) is 6.33. The summed E-state index contributed by atoms with van der Waals surface area (Å²) in [6, 6.07) is 9.61. The lowest BCUT2D eigenvalue weighted by Gasteiger charge is -2.10. The van der Waals surface area contributed by atoms with Crippen LogP contribution in [0.1, 0.15) is 28.3 Å². The first kappa shape index (κ1) is 19.7. The van der Waals surface area contributed by atoms with Gasteiger partial charge in [-0.3, -0.25) is 4.79 Å². The van der Waals surface area contributed by atoms with Gasteiger partial charge in [0.05, 0.1) is 7.11 Å². The van der Waals surface area contributed by atoms with Crippen molar-refractivity contribution in [1.29, 1.82) is 0 Å². The summed E-state index contributed by atoms with van der Waals surface area (Å²) in [4.78, 5) is 20.7. The molecule has 0 unspecified atom stereocenters. The highest BCUT2D eigenvalue weighted by atomic mass is 16.5. The molecule has 0 aliphatic rings. The quantitative estimate of drug-likeness (QED) is 0.634. The Morgan fingerprint density at radius 1 is 1.15 bits per heavy atom. The maximum absolute atomic E-state index is 12.2. The Balaban J connectivity index is 1.90. The summed E-state index contributed by atoms with van der Waals surface area (Å²) in [6.45, 7) is 3.63. The Labute approximate surface area is 154 Å². The fraction of sp³-hybridized carbons (Fsp3) is 0.421. The number of ether oxygens (including phenoxy) is 2. The summed E-state index contributed by atoms with van der Waals surface area (Å²) >= 11 is 0. The number of hydrogen-bond acceptors (Lipinski definition) is 6. The molecule has 0 fully saturated rings. The van der Waals surface area contributed by atoms with E-state index in [1.54, 1.807) is 27.2 Å². The minimum Gasteiger partial charge on any atom is -0.497 e. The molecule has 1 aromatic heterocycles. The second-order valence-corrected chi connectivity index (χ2v) is 5.82. The molecule has 0 saturated carbocycles. The monoisotopic (exact) mass is 358 g/mol. The number of carbonyl (C=O) groups excluding carboxylic acids is 1. The minimum atomic E-state index is -0.206. The van der Waals surface area contributed by atoms with Gasteiger partial charge >= 0.3 is 0 Å². The van der Waals surface area contributed by atoms with E-state index in [-0.39, 0.29) is 5.91 Å². The molecule has 7 nitrogen and oxygen atoms in total. The van der Waals surface area contributed by atoms with Crippen molar-refractivity contribution >= 4 is 11.7 Å². The predicted molar refractivity (Wildman–Crippen MR) is 101 cm³/mol. The zero-order chi connectivity index (χ0) is 18.8. The lowest BCUT2D eigenvalue weighted by atomic mass is 10.1. The molecule has 2 rings (SSSR count). The largest absolute Gasteiger partial charge is 0.497 e. The summed E-state index contributed by atoms with van der Waals surface area (Å²) in [5.74, 6) is 1.83. The number of methoxy groups -OCH3 is 2. The molecule has 0 aliphatic heterocycles. The molecule has 2 aromatic rings. The molecule has 2 N–H and O–H groups in total. The van der Waals surface area contributed by atoms with Crippen LogP contribution in [0, 0.1) is 6.92 Å². The smallest absolute Gasteiger partial charge is 0.270 e. The molecule has 1 heterocycles. The number of nitrogens with zero attached hydrogens (tertiary/aromatic N) is 2. The van der Waals surface area contributed by atoms with E-state index < -0.39 is 0 Å². The second kappa shape index (κ2) is 10.4. The molecule has 7 heteroatoms. The van der Waals surface area contributed by atoms with Gasteiger partial charge in [0, 0.05) is 32.9 Å². The van der Waals surface area contributed by atoms with Gasteiger partial charge in [0.25, 0.3) is 5.91 Å².